The highest BCUT2D eigenvalue weighted by Crippen LogP contribution is 2.43. The summed E-state index contributed by atoms with van der Waals surface area (Å²) >= 11 is 5.91. The van der Waals surface area contributed by atoms with Gasteiger partial charge in [-0.05, 0) is 56.2 Å². The molecule has 2 aliphatic rings. The number of nitrogens with zero attached hydrogens (tertiary/aromatic N) is 1. The molecule has 0 aromatic heterocycles. The number of piperazine rings is 1. The Morgan fingerprint density at radius 1 is 1.27 bits per heavy atom. The van der Waals surface area contributed by atoms with Gasteiger partial charge in [0.2, 0.25) is 5.91 Å². The summed E-state index contributed by atoms with van der Waals surface area (Å²) in [5.74, 6) is -2.51. The van der Waals surface area contributed by atoms with E-state index in [4.69, 9.17) is 11.6 Å². The molecule has 2 fully saturated rings. The Bertz CT molecular complexity index is 797. The van der Waals surface area contributed by atoms with Crippen LogP contribution in [0.3, 0.4) is 0 Å². The molecule has 1 saturated carbocycles. The number of benzene rings is 1. The highest BCUT2D eigenvalue weighted by Gasteiger charge is 2.43. The van der Waals surface area contributed by atoms with Crippen LogP contribution in [0.2, 0.25) is 5.02 Å². The van der Waals surface area contributed by atoms with Crippen LogP contribution < -0.4 is 10.6 Å². The van der Waals surface area contributed by atoms with E-state index in [2.05, 4.69) is 10.6 Å². The number of halogens is 5. The Balaban J connectivity index is 1.80. The van der Waals surface area contributed by atoms with Crippen molar-refractivity contribution in [1.29, 1.82) is 0 Å². The summed E-state index contributed by atoms with van der Waals surface area (Å²) in [6.07, 6.45) is -3.77. The van der Waals surface area contributed by atoms with E-state index in [0.29, 0.717) is 18.7 Å². The lowest BCUT2D eigenvalue weighted by atomic mass is 9.76. The van der Waals surface area contributed by atoms with Gasteiger partial charge in [-0.1, -0.05) is 17.7 Å². The van der Waals surface area contributed by atoms with Crippen LogP contribution in [-0.2, 0) is 4.79 Å². The van der Waals surface area contributed by atoms with Crippen molar-refractivity contribution in [3.05, 3.63) is 34.6 Å². The lowest BCUT2D eigenvalue weighted by Gasteiger charge is -2.38. The summed E-state index contributed by atoms with van der Waals surface area (Å²) in [7, 11) is 0. The van der Waals surface area contributed by atoms with Crippen molar-refractivity contribution >= 4 is 23.5 Å². The molecule has 0 radical (unpaired) electrons. The molecule has 2 N–H and O–H groups in total. The molecule has 5 nitrogen and oxygen atoms in total. The molecule has 1 aromatic rings. The fraction of sp³-hybridized carbons (Fsp3) is 0.600. The zero-order valence-electron chi connectivity index (χ0n) is 16.4. The van der Waals surface area contributed by atoms with E-state index < -0.39 is 36.0 Å². The Morgan fingerprint density at radius 3 is 2.53 bits per heavy atom. The summed E-state index contributed by atoms with van der Waals surface area (Å²) < 4.78 is 52.8. The van der Waals surface area contributed by atoms with Crippen molar-refractivity contribution in [3.8, 4) is 0 Å². The van der Waals surface area contributed by atoms with Crippen LogP contribution in [0.4, 0.5) is 22.4 Å². The second-order valence-electron chi connectivity index (χ2n) is 7.91. The Hall–Kier alpha value is -2.03. The van der Waals surface area contributed by atoms with E-state index in [1.165, 1.54) is 23.1 Å². The van der Waals surface area contributed by atoms with Gasteiger partial charge < -0.3 is 15.5 Å². The Labute approximate surface area is 177 Å². The molecule has 0 bridgehead atoms. The molecule has 1 aliphatic carbocycles. The van der Waals surface area contributed by atoms with Gasteiger partial charge in [-0.25, -0.2) is 9.18 Å². The minimum absolute atomic E-state index is 0.0298. The van der Waals surface area contributed by atoms with Crippen molar-refractivity contribution < 1.29 is 27.2 Å². The number of amides is 3. The average Bonchev–Trinajstić information content (AvgIpc) is 2.69. The van der Waals surface area contributed by atoms with Gasteiger partial charge in [0.15, 0.2) is 0 Å². The molecule has 3 rings (SSSR count). The maximum Gasteiger partial charge on any atom is 0.391 e. The van der Waals surface area contributed by atoms with Crippen LogP contribution in [0.1, 0.15) is 44.2 Å². The van der Waals surface area contributed by atoms with Gasteiger partial charge in [-0.3, -0.25) is 4.79 Å². The topological polar surface area (TPSA) is 61.4 Å². The predicted octanol–water partition coefficient (Wildman–Crippen LogP) is 4.42. The number of alkyl halides is 3. The average molecular weight is 450 g/mol. The fourth-order valence-corrected chi connectivity index (χ4v) is 4.42. The summed E-state index contributed by atoms with van der Waals surface area (Å²) in [5, 5.41) is 5.42. The number of hydrogen-bond acceptors (Lipinski definition) is 2. The number of urea groups is 1. The molecule has 1 aliphatic heterocycles. The third-order valence-electron chi connectivity index (χ3n) is 6.05. The highest BCUT2D eigenvalue weighted by atomic mass is 35.5. The summed E-state index contributed by atoms with van der Waals surface area (Å²) in [4.78, 5) is 26.2. The van der Waals surface area contributed by atoms with Gasteiger partial charge in [0.1, 0.15) is 11.9 Å². The van der Waals surface area contributed by atoms with Gasteiger partial charge in [-0.2, -0.15) is 13.2 Å². The lowest BCUT2D eigenvalue weighted by Crippen LogP contribution is -2.58. The molecular weight excluding hydrogens is 426 g/mol. The summed E-state index contributed by atoms with van der Waals surface area (Å²) in [6, 6.07) is 2.26. The molecule has 166 valence electrons. The van der Waals surface area contributed by atoms with Crippen LogP contribution in [0, 0.1) is 17.7 Å². The van der Waals surface area contributed by atoms with Crippen LogP contribution in [0.25, 0.3) is 0 Å². The second-order valence-corrected chi connectivity index (χ2v) is 8.32. The molecule has 10 heteroatoms. The first kappa shape index (κ1) is 22.7. The predicted molar refractivity (Wildman–Crippen MR) is 103 cm³/mol. The first-order valence-corrected chi connectivity index (χ1v) is 10.3. The van der Waals surface area contributed by atoms with Crippen molar-refractivity contribution in [3.63, 3.8) is 0 Å². The van der Waals surface area contributed by atoms with Gasteiger partial charge in [0.05, 0.1) is 17.0 Å². The molecule has 30 heavy (non-hydrogen) atoms. The van der Waals surface area contributed by atoms with Crippen molar-refractivity contribution in [2.75, 3.05) is 13.1 Å². The zero-order valence-corrected chi connectivity index (χ0v) is 17.2. The van der Waals surface area contributed by atoms with E-state index in [1.807, 2.05) is 0 Å². The van der Waals surface area contributed by atoms with E-state index in [-0.39, 0.29) is 42.5 Å². The fourth-order valence-electron chi connectivity index (χ4n) is 4.23. The molecule has 3 amide bonds. The Kier molecular flexibility index (Phi) is 6.79. The van der Waals surface area contributed by atoms with Gasteiger partial charge in [-0.15, -0.1) is 0 Å². The largest absolute Gasteiger partial charge is 0.391 e. The van der Waals surface area contributed by atoms with Crippen LogP contribution in [0.15, 0.2) is 18.2 Å². The van der Waals surface area contributed by atoms with Crippen LogP contribution >= 0.6 is 11.6 Å². The summed E-state index contributed by atoms with van der Waals surface area (Å²) in [5.41, 5.74) is 0.527. The first-order chi connectivity index (χ1) is 14.1. The Morgan fingerprint density at radius 2 is 1.93 bits per heavy atom. The van der Waals surface area contributed by atoms with Crippen molar-refractivity contribution in [2.24, 2.45) is 11.8 Å². The third kappa shape index (κ3) is 4.99. The van der Waals surface area contributed by atoms with Crippen LogP contribution in [-0.4, -0.2) is 42.1 Å². The van der Waals surface area contributed by atoms with Gasteiger partial charge in [0.25, 0.3) is 0 Å². The number of carbonyl (C=O) groups excluding carboxylic acids is 2. The molecule has 1 aromatic carbocycles. The number of hydrogen-bond donors (Lipinski definition) is 2. The molecule has 1 heterocycles. The third-order valence-corrected chi connectivity index (χ3v) is 6.34. The minimum Gasteiger partial charge on any atom is -0.353 e. The van der Waals surface area contributed by atoms with E-state index in [0.717, 1.165) is 0 Å². The minimum atomic E-state index is -4.24. The van der Waals surface area contributed by atoms with E-state index in [9.17, 15) is 27.2 Å². The maximum absolute atomic E-state index is 13.6. The summed E-state index contributed by atoms with van der Waals surface area (Å²) in [6.45, 7) is 2.24. The monoisotopic (exact) mass is 449 g/mol. The molecular formula is C20H24ClF4N3O2. The molecule has 0 unspecified atom stereocenters. The second kappa shape index (κ2) is 8.99. The smallest absolute Gasteiger partial charge is 0.353 e. The maximum atomic E-state index is 13.6. The SMILES string of the molecule is C[C@@H]1C(=O)NCCN1C(=O)N[C@H](c1ccc(F)c(Cl)c1)[C@H]1CC[C@H](C(F)(F)F)CC1. The number of nitrogens with one attached hydrogen (secondary N) is 2. The van der Waals surface area contributed by atoms with E-state index >= 15 is 0 Å². The number of rotatable bonds is 3. The standard InChI is InChI=1S/C20H24ClF4N3O2/c1-11-18(29)26-8-9-28(11)19(30)27-17(13-4-7-16(22)15(21)10-13)12-2-5-14(6-3-12)20(23,24)25/h4,7,10-12,14,17H,2-3,5-6,8-9H2,1H3,(H,26,29)(H,27,30)/t11-,12-,14-,17+/m1/s1. The van der Waals surface area contributed by atoms with Gasteiger partial charge in [0, 0.05) is 13.1 Å². The van der Waals surface area contributed by atoms with Crippen LogP contribution in [0.5, 0.6) is 0 Å². The van der Waals surface area contributed by atoms with Gasteiger partial charge >= 0.3 is 12.2 Å². The molecule has 1 saturated heterocycles. The van der Waals surface area contributed by atoms with E-state index in [1.54, 1.807) is 6.92 Å². The highest BCUT2D eigenvalue weighted by molar-refractivity contribution is 6.30. The van der Waals surface area contributed by atoms with Crippen molar-refractivity contribution in [2.45, 2.75) is 50.9 Å². The number of carbonyl (C=O) groups is 2. The zero-order chi connectivity index (χ0) is 22.1. The molecule has 2 atom stereocenters. The lowest BCUT2D eigenvalue weighted by molar-refractivity contribution is -0.184. The normalized spacial score (nSPS) is 26.1. The quantitative estimate of drug-likeness (QED) is 0.671. The first-order valence-electron chi connectivity index (χ1n) is 9.94. The molecule has 0 spiro atoms. The van der Waals surface area contributed by atoms with Crippen molar-refractivity contribution in [1.82, 2.24) is 15.5 Å².